The number of rotatable bonds is 8. The average molecular weight is 495 g/mol. The molecule has 2 amide bonds. The van der Waals surface area contributed by atoms with Crippen LogP contribution in [0.4, 0.5) is 0 Å². The number of aryl methyl sites for hydroxylation is 1. The maximum atomic E-state index is 13.9. The number of nitrogens with two attached hydrogens (primary N) is 1. The number of hydrogen-bond acceptors (Lipinski definition) is 6. The number of methoxy groups -OCH3 is 1. The molecule has 4 bridgehead atoms. The first-order valence-corrected chi connectivity index (χ1v) is 13.5. The summed E-state index contributed by atoms with van der Waals surface area (Å²) >= 11 is 1.27. The minimum atomic E-state index is -0.537. The molecule has 1 aromatic carbocycles. The van der Waals surface area contributed by atoms with E-state index in [0.717, 1.165) is 53.9 Å². The SMILES string of the molecule is COc1cccc(CN(C(=O)CSc2nnc(C)c(C)c2C(N)=O)C23CC4CC(CC(C4)C2)C3)c1. The molecule has 2 N–H and O–H groups in total. The van der Waals surface area contributed by atoms with E-state index in [1.54, 1.807) is 14.0 Å². The van der Waals surface area contributed by atoms with Crippen LogP contribution < -0.4 is 10.5 Å². The number of ether oxygens (including phenoxy) is 1. The van der Waals surface area contributed by atoms with E-state index in [1.807, 2.05) is 25.1 Å². The Kier molecular flexibility index (Phi) is 6.51. The molecular weight excluding hydrogens is 460 g/mol. The summed E-state index contributed by atoms with van der Waals surface area (Å²) in [6.45, 7) is 4.18. The van der Waals surface area contributed by atoms with E-state index in [2.05, 4.69) is 21.2 Å². The predicted octanol–water partition coefficient (Wildman–Crippen LogP) is 4.29. The zero-order chi connectivity index (χ0) is 24.7. The van der Waals surface area contributed by atoms with E-state index >= 15 is 0 Å². The number of hydrogen-bond donors (Lipinski definition) is 1. The molecule has 0 unspecified atom stereocenters. The maximum Gasteiger partial charge on any atom is 0.251 e. The van der Waals surface area contributed by atoms with Crippen LogP contribution in [0.3, 0.4) is 0 Å². The number of carbonyl (C=O) groups excluding carboxylic acids is 2. The number of amides is 2. The van der Waals surface area contributed by atoms with Crippen molar-refractivity contribution >= 4 is 23.6 Å². The average Bonchev–Trinajstić information content (AvgIpc) is 2.82. The molecule has 186 valence electrons. The standard InChI is InChI=1S/C27H34N4O3S/c1-16-17(2)29-30-26(24(16)25(28)33)35-15-23(32)31(14-18-5-4-6-22(10-18)34-3)27-11-19-7-20(12-27)9-21(8-19)13-27/h4-6,10,19-21H,7-9,11-15H2,1-3H3,(H2,28,33). The van der Waals surface area contributed by atoms with E-state index < -0.39 is 5.91 Å². The Labute approximate surface area is 211 Å². The smallest absolute Gasteiger partial charge is 0.251 e. The third-order valence-electron chi connectivity index (χ3n) is 8.36. The summed E-state index contributed by atoms with van der Waals surface area (Å²) in [5, 5.41) is 8.82. The third kappa shape index (κ3) is 4.65. The molecule has 8 heteroatoms. The summed E-state index contributed by atoms with van der Waals surface area (Å²) < 4.78 is 5.44. The lowest BCUT2D eigenvalue weighted by Crippen LogP contribution is -2.61. The van der Waals surface area contributed by atoms with E-state index in [-0.39, 0.29) is 17.2 Å². The number of aromatic nitrogens is 2. The molecule has 2 aromatic rings. The first kappa shape index (κ1) is 24.1. The Morgan fingerprint density at radius 3 is 2.37 bits per heavy atom. The fourth-order valence-corrected chi connectivity index (χ4v) is 7.97. The molecule has 1 aromatic heterocycles. The van der Waals surface area contributed by atoms with Crippen molar-refractivity contribution < 1.29 is 14.3 Å². The molecule has 7 nitrogen and oxygen atoms in total. The van der Waals surface area contributed by atoms with Crippen molar-refractivity contribution in [2.75, 3.05) is 12.9 Å². The van der Waals surface area contributed by atoms with Gasteiger partial charge in [0, 0.05) is 12.1 Å². The number of benzene rings is 1. The highest BCUT2D eigenvalue weighted by atomic mass is 32.2. The van der Waals surface area contributed by atoms with Gasteiger partial charge in [-0.1, -0.05) is 23.9 Å². The number of carbonyl (C=O) groups is 2. The Morgan fingerprint density at radius 1 is 1.11 bits per heavy atom. The number of thioether (sulfide) groups is 1. The summed E-state index contributed by atoms with van der Waals surface area (Å²) in [4.78, 5) is 28.2. The largest absolute Gasteiger partial charge is 0.497 e. The highest BCUT2D eigenvalue weighted by molar-refractivity contribution is 8.00. The van der Waals surface area contributed by atoms with Crippen LogP contribution in [0.1, 0.15) is 65.7 Å². The minimum Gasteiger partial charge on any atom is -0.497 e. The molecule has 0 atom stereocenters. The zero-order valence-electron chi connectivity index (χ0n) is 20.8. The molecule has 4 aliphatic rings. The fraction of sp³-hybridized carbons (Fsp3) is 0.556. The molecular formula is C27H34N4O3S. The summed E-state index contributed by atoms with van der Waals surface area (Å²) in [5.41, 5.74) is 8.39. The molecule has 0 spiro atoms. The highest BCUT2D eigenvalue weighted by Crippen LogP contribution is 2.58. The van der Waals surface area contributed by atoms with Crippen molar-refractivity contribution in [2.45, 2.75) is 69.5 Å². The van der Waals surface area contributed by atoms with Crippen molar-refractivity contribution in [1.29, 1.82) is 0 Å². The lowest BCUT2D eigenvalue weighted by molar-refractivity contribution is -0.149. The van der Waals surface area contributed by atoms with Crippen LogP contribution in [-0.4, -0.2) is 45.3 Å². The van der Waals surface area contributed by atoms with Gasteiger partial charge in [-0.3, -0.25) is 9.59 Å². The lowest BCUT2D eigenvalue weighted by atomic mass is 9.52. The molecule has 6 rings (SSSR count). The van der Waals surface area contributed by atoms with Gasteiger partial charge in [-0.25, -0.2) is 0 Å². The van der Waals surface area contributed by atoms with Crippen LogP contribution in [0, 0.1) is 31.6 Å². The van der Waals surface area contributed by atoms with Crippen LogP contribution in [0.2, 0.25) is 0 Å². The van der Waals surface area contributed by atoms with Gasteiger partial charge in [0.25, 0.3) is 5.91 Å². The molecule has 4 saturated carbocycles. The third-order valence-corrected chi connectivity index (χ3v) is 9.31. The number of primary amides is 1. The Morgan fingerprint density at radius 2 is 1.77 bits per heavy atom. The van der Waals surface area contributed by atoms with Crippen molar-refractivity contribution in [2.24, 2.45) is 23.5 Å². The number of nitrogens with zero attached hydrogens (tertiary/aromatic N) is 3. The van der Waals surface area contributed by atoms with E-state index in [9.17, 15) is 9.59 Å². The van der Waals surface area contributed by atoms with Crippen LogP contribution >= 0.6 is 11.8 Å². The monoisotopic (exact) mass is 494 g/mol. The van der Waals surface area contributed by atoms with Crippen molar-refractivity contribution in [1.82, 2.24) is 15.1 Å². The zero-order valence-corrected chi connectivity index (χ0v) is 21.6. The Hall–Kier alpha value is -2.61. The second-order valence-electron chi connectivity index (χ2n) is 10.7. The molecule has 35 heavy (non-hydrogen) atoms. The van der Waals surface area contributed by atoms with Gasteiger partial charge in [0.1, 0.15) is 10.8 Å². The van der Waals surface area contributed by atoms with Crippen LogP contribution in [0.5, 0.6) is 5.75 Å². The Bertz CT molecular complexity index is 1120. The van der Waals surface area contributed by atoms with Crippen LogP contribution in [-0.2, 0) is 11.3 Å². The predicted molar refractivity (Wildman–Crippen MR) is 135 cm³/mol. The Balaban J connectivity index is 1.43. The molecule has 0 saturated heterocycles. The van der Waals surface area contributed by atoms with Crippen LogP contribution in [0.15, 0.2) is 29.3 Å². The molecule has 1 heterocycles. The second-order valence-corrected chi connectivity index (χ2v) is 11.7. The summed E-state index contributed by atoms with van der Waals surface area (Å²) in [6.07, 6.45) is 7.22. The molecule has 4 fully saturated rings. The first-order chi connectivity index (χ1) is 16.8. The summed E-state index contributed by atoms with van der Waals surface area (Å²) in [6, 6.07) is 8.00. The van der Waals surface area contributed by atoms with Gasteiger partial charge in [0.15, 0.2) is 0 Å². The van der Waals surface area contributed by atoms with Gasteiger partial charge in [-0.2, -0.15) is 5.10 Å². The highest BCUT2D eigenvalue weighted by Gasteiger charge is 2.54. The minimum absolute atomic E-state index is 0.0789. The maximum absolute atomic E-state index is 13.9. The summed E-state index contributed by atoms with van der Waals surface area (Å²) in [7, 11) is 1.67. The van der Waals surface area contributed by atoms with Gasteiger partial charge in [0.05, 0.1) is 24.1 Å². The summed E-state index contributed by atoms with van der Waals surface area (Å²) in [5.74, 6) is 2.71. The van der Waals surface area contributed by atoms with Crippen molar-refractivity contribution in [3.63, 3.8) is 0 Å². The topological polar surface area (TPSA) is 98.4 Å². The molecule has 0 radical (unpaired) electrons. The normalized spacial score (nSPS) is 26.5. The van der Waals surface area contributed by atoms with E-state index in [4.69, 9.17) is 10.5 Å². The molecule has 4 aliphatic carbocycles. The quantitative estimate of drug-likeness (QED) is 0.550. The van der Waals surface area contributed by atoms with Gasteiger partial charge < -0.3 is 15.4 Å². The lowest BCUT2D eigenvalue weighted by Gasteiger charge is -2.60. The van der Waals surface area contributed by atoms with E-state index in [1.165, 1.54) is 31.0 Å². The van der Waals surface area contributed by atoms with Crippen molar-refractivity contribution in [3.8, 4) is 5.75 Å². The van der Waals surface area contributed by atoms with Crippen molar-refractivity contribution in [3.05, 3.63) is 46.6 Å². The van der Waals surface area contributed by atoms with Crippen LogP contribution in [0.25, 0.3) is 0 Å². The van der Waals surface area contributed by atoms with E-state index in [0.29, 0.717) is 22.8 Å². The fourth-order valence-electron chi connectivity index (χ4n) is 7.06. The van der Waals surface area contributed by atoms with Gasteiger partial charge in [-0.05, 0) is 93.4 Å². The first-order valence-electron chi connectivity index (χ1n) is 12.5. The van der Waals surface area contributed by atoms with Gasteiger partial charge in [0.2, 0.25) is 5.91 Å². The molecule has 0 aliphatic heterocycles. The van der Waals surface area contributed by atoms with Gasteiger partial charge in [-0.15, -0.1) is 5.10 Å². The second kappa shape index (κ2) is 9.45. The van der Waals surface area contributed by atoms with Gasteiger partial charge >= 0.3 is 0 Å².